The first kappa shape index (κ1) is 20.3. The molecule has 3 nitrogen and oxygen atoms in total. The number of halogens is 1. The Morgan fingerprint density at radius 1 is 0.935 bits per heavy atom. The molecule has 1 aliphatic rings. The maximum absolute atomic E-state index is 5.94. The van der Waals surface area contributed by atoms with Crippen molar-refractivity contribution in [1.82, 2.24) is 0 Å². The largest absolute Gasteiger partial charge is 0.489 e. The topological polar surface area (TPSA) is 33.6 Å². The fraction of sp³-hybridized carbons (Fsp3) is 0.160. The van der Waals surface area contributed by atoms with E-state index < -0.39 is 0 Å². The Hall–Kier alpha value is -2.60. The quantitative estimate of drug-likeness (QED) is 0.315. The van der Waals surface area contributed by atoms with Gasteiger partial charge >= 0.3 is 0 Å². The number of rotatable bonds is 4. The Morgan fingerprint density at radius 3 is 2.45 bits per heavy atom. The van der Waals surface area contributed by atoms with Crippen LogP contribution in [0.4, 0.5) is 11.4 Å². The molecule has 0 amide bonds. The fourth-order valence-electron chi connectivity index (χ4n) is 3.68. The molecule has 1 aliphatic heterocycles. The summed E-state index contributed by atoms with van der Waals surface area (Å²) in [5.74, 6) is 0.820. The molecule has 0 aliphatic carbocycles. The van der Waals surface area contributed by atoms with Gasteiger partial charge in [0.2, 0.25) is 0 Å². The highest BCUT2D eigenvalue weighted by Crippen LogP contribution is 2.45. The fourth-order valence-corrected chi connectivity index (χ4v) is 6.74. The zero-order valence-corrected chi connectivity index (χ0v) is 19.6. The summed E-state index contributed by atoms with van der Waals surface area (Å²) in [6.45, 7) is 4.95. The van der Waals surface area contributed by atoms with E-state index in [1.807, 2.05) is 48.5 Å². The van der Waals surface area contributed by atoms with Crippen LogP contribution in [0, 0.1) is 0 Å². The van der Waals surface area contributed by atoms with Gasteiger partial charge in [-0.05, 0) is 61.9 Å². The molecule has 0 spiro atoms. The second-order valence-corrected chi connectivity index (χ2v) is 10.6. The zero-order valence-electron chi connectivity index (χ0n) is 17.2. The number of hydrogen-bond donors (Lipinski definition) is 1. The number of nitrogens with one attached hydrogen (secondary N) is 1. The normalized spacial score (nSPS) is 14.5. The third kappa shape index (κ3) is 4.13. The average molecular weight is 465 g/mol. The predicted octanol–water partition coefficient (Wildman–Crippen LogP) is 7.60. The van der Waals surface area contributed by atoms with Gasteiger partial charge in [0, 0.05) is 21.8 Å². The van der Waals surface area contributed by atoms with Gasteiger partial charge in [0.1, 0.15) is 17.0 Å². The summed E-state index contributed by atoms with van der Waals surface area (Å²) in [4.78, 5) is 6.31. The monoisotopic (exact) mass is 464 g/mol. The van der Waals surface area contributed by atoms with Crippen LogP contribution in [-0.4, -0.2) is 0 Å². The first-order chi connectivity index (χ1) is 15.0. The van der Waals surface area contributed by atoms with E-state index in [1.54, 1.807) is 20.7 Å². The van der Waals surface area contributed by atoms with Gasteiger partial charge in [-0.3, -0.25) is 0 Å². The number of ether oxygens (including phenoxy) is 1. The lowest BCUT2D eigenvalue weighted by Crippen LogP contribution is -2.31. The summed E-state index contributed by atoms with van der Waals surface area (Å²) in [5, 5.41) is 4.39. The molecule has 0 radical (unpaired) electrons. The van der Waals surface area contributed by atoms with Crippen LogP contribution in [-0.2, 0) is 12.1 Å². The van der Waals surface area contributed by atoms with Crippen molar-refractivity contribution < 1.29 is 4.74 Å². The summed E-state index contributed by atoms with van der Waals surface area (Å²) in [6.07, 6.45) is 0. The first-order valence-corrected chi connectivity index (χ1v) is 12.6. The lowest BCUT2D eigenvalue weighted by atomic mass is 9.90. The highest BCUT2D eigenvalue weighted by Gasteiger charge is 2.33. The van der Waals surface area contributed by atoms with Crippen LogP contribution in [0.2, 0.25) is 5.02 Å². The van der Waals surface area contributed by atoms with Crippen molar-refractivity contribution in [2.24, 2.45) is 4.99 Å². The van der Waals surface area contributed by atoms with Crippen LogP contribution in [0.15, 0.2) is 77.8 Å². The number of anilines is 1. The van der Waals surface area contributed by atoms with Crippen LogP contribution >= 0.6 is 32.3 Å². The van der Waals surface area contributed by atoms with Gasteiger partial charge in [0.05, 0.1) is 16.1 Å². The molecule has 5 rings (SSSR count). The number of nitrogens with zero attached hydrogens (tertiary/aromatic N) is 1. The maximum atomic E-state index is 5.94. The van der Waals surface area contributed by atoms with E-state index in [-0.39, 0.29) is 5.54 Å². The predicted molar refractivity (Wildman–Crippen MR) is 132 cm³/mol. The Balaban J connectivity index is 1.42. The standard InChI is InChI=1S/C25H21ClN2OS2/c1-25(2)23-22(20-5-3-4-6-21(20)28-25)24(31-30-23)27-18-11-13-19(14-12-18)29-15-16-7-9-17(26)10-8-16/h3-14,28H,15H2,1-2H3. The molecule has 31 heavy (non-hydrogen) atoms. The molecule has 0 bridgehead atoms. The molecular weight excluding hydrogens is 444 g/mol. The van der Waals surface area contributed by atoms with Gasteiger partial charge in [0.25, 0.3) is 0 Å². The first-order valence-electron chi connectivity index (χ1n) is 10.0. The van der Waals surface area contributed by atoms with Crippen molar-refractivity contribution in [2.75, 3.05) is 5.32 Å². The van der Waals surface area contributed by atoms with Gasteiger partial charge < -0.3 is 10.1 Å². The highest BCUT2D eigenvalue weighted by atomic mass is 35.5. The Morgan fingerprint density at radius 2 is 1.68 bits per heavy atom. The van der Waals surface area contributed by atoms with E-state index in [4.69, 9.17) is 21.3 Å². The molecule has 0 saturated heterocycles. The molecule has 1 aromatic heterocycles. The van der Waals surface area contributed by atoms with E-state index in [0.29, 0.717) is 6.61 Å². The van der Waals surface area contributed by atoms with E-state index in [0.717, 1.165) is 32.4 Å². The molecule has 0 atom stereocenters. The van der Waals surface area contributed by atoms with E-state index in [1.165, 1.54) is 16.0 Å². The molecule has 0 fully saturated rings. The Labute approximate surface area is 194 Å². The maximum Gasteiger partial charge on any atom is 0.135 e. The Bertz CT molecular complexity index is 1290. The van der Waals surface area contributed by atoms with Gasteiger partial charge in [-0.25, -0.2) is 4.99 Å². The third-order valence-corrected chi connectivity index (χ3v) is 8.14. The molecule has 4 aromatic rings. The van der Waals surface area contributed by atoms with Crippen molar-refractivity contribution in [2.45, 2.75) is 26.0 Å². The number of para-hydroxylation sites is 1. The van der Waals surface area contributed by atoms with Crippen molar-refractivity contribution in [3.8, 4) is 16.9 Å². The molecule has 6 heteroatoms. The minimum absolute atomic E-state index is 0.113. The average Bonchev–Trinajstić information content (AvgIpc) is 3.19. The third-order valence-electron chi connectivity index (χ3n) is 5.24. The lowest BCUT2D eigenvalue weighted by molar-refractivity contribution is 0.306. The van der Waals surface area contributed by atoms with Gasteiger partial charge in [-0.2, -0.15) is 0 Å². The van der Waals surface area contributed by atoms with Crippen LogP contribution in [0.3, 0.4) is 0 Å². The Kier molecular flexibility index (Phi) is 5.34. The van der Waals surface area contributed by atoms with E-state index >= 15 is 0 Å². The van der Waals surface area contributed by atoms with Crippen LogP contribution in [0.5, 0.6) is 5.75 Å². The smallest absolute Gasteiger partial charge is 0.135 e. The van der Waals surface area contributed by atoms with Crippen molar-refractivity contribution in [3.63, 3.8) is 0 Å². The highest BCUT2D eigenvalue weighted by molar-refractivity contribution is 7.68. The summed E-state index contributed by atoms with van der Waals surface area (Å²) in [5.41, 5.74) is 5.52. The summed E-state index contributed by atoms with van der Waals surface area (Å²) >= 11 is 5.94. The molecule has 0 saturated carbocycles. The van der Waals surface area contributed by atoms with Gasteiger partial charge in [0.15, 0.2) is 0 Å². The molecule has 2 heterocycles. The van der Waals surface area contributed by atoms with E-state index in [9.17, 15) is 0 Å². The second-order valence-electron chi connectivity index (χ2n) is 7.99. The zero-order chi connectivity index (χ0) is 21.4. The molecule has 156 valence electrons. The summed E-state index contributed by atoms with van der Waals surface area (Å²) in [7, 11) is 3.53. The van der Waals surface area contributed by atoms with Crippen LogP contribution in [0.25, 0.3) is 11.1 Å². The lowest BCUT2D eigenvalue weighted by Gasteiger charge is -2.33. The van der Waals surface area contributed by atoms with Crippen LogP contribution < -0.4 is 14.7 Å². The second kappa shape index (κ2) is 8.15. The van der Waals surface area contributed by atoms with Crippen LogP contribution in [0.1, 0.15) is 24.3 Å². The van der Waals surface area contributed by atoms with Gasteiger partial charge in [-0.15, -0.1) is 0 Å². The number of hydrogen-bond acceptors (Lipinski definition) is 5. The minimum atomic E-state index is -0.113. The van der Waals surface area contributed by atoms with E-state index in [2.05, 4.69) is 43.4 Å². The SMILES string of the molecule is CC1(C)Nc2ccccc2-c2c1ssc2=Nc1ccc(OCc2ccc(Cl)cc2)cc1. The summed E-state index contributed by atoms with van der Waals surface area (Å²) in [6, 6.07) is 24.1. The number of fused-ring (bicyclic) bond motifs is 3. The van der Waals surface area contributed by atoms with Gasteiger partial charge in [-0.1, -0.05) is 62.6 Å². The minimum Gasteiger partial charge on any atom is -0.489 e. The van der Waals surface area contributed by atoms with Crippen molar-refractivity contribution in [1.29, 1.82) is 0 Å². The molecule has 1 N–H and O–H groups in total. The van der Waals surface area contributed by atoms with Crippen molar-refractivity contribution in [3.05, 3.63) is 92.9 Å². The summed E-state index contributed by atoms with van der Waals surface area (Å²) < 4.78 is 6.95. The van der Waals surface area contributed by atoms with Crippen molar-refractivity contribution >= 4 is 43.7 Å². The molecule has 0 unspecified atom stereocenters. The number of benzene rings is 3. The molecular formula is C25H21ClN2OS2. The molecule has 3 aromatic carbocycles.